The molecule has 0 atom stereocenters. The fourth-order valence-electron chi connectivity index (χ4n) is 4.06. The topological polar surface area (TPSA) is 101 Å². The molecule has 0 bridgehead atoms. The van der Waals surface area contributed by atoms with Crippen molar-refractivity contribution in [1.29, 1.82) is 0 Å². The van der Waals surface area contributed by atoms with Gasteiger partial charge in [0.25, 0.3) is 5.56 Å². The van der Waals surface area contributed by atoms with Crippen molar-refractivity contribution in [2.45, 2.75) is 37.7 Å². The van der Waals surface area contributed by atoms with E-state index in [1.165, 1.54) is 36.7 Å². The van der Waals surface area contributed by atoms with Crippen LogP contribution in [0.3, 0.4) is 0 Å². The maximum Gasteiger partial charge on any atom is 0.340 e. The first-order valence-electron chi connectivity index (χ1n) is 11.1. The fraction of sp³-hybridized carbons (Fsp3) is 0.375. The first-order valence-corrected chi connectivity index (χ1v) is 12.6. The monoisotopic (exact) mass is 484 g/mol. The number of nitrogens with zero attached hydrogens (tertiary/aromatic N) is 4. The summed E-state index contributed by atoms with van der Waals surface area (Å²) in [5.74, 6) is -0.664. The predicted octanol–water partition coefficient (Wildman–Crippen LogP) is 2.60. The van der Waals surface area contributed by atoms with Crippen molar-refractivity contribution in [3.8, 4) is 0 Å². The quantitative estimate of drug-likeness (QED) is 0.496. The van der Waals surface area contributed by atoms with Gasteiger partial charge in [-0.3, -0.25) is 9.20 Å². The molecular formula is C24H28N4O5S. The van der Waals surface area contributed by atoms with E-state index >= 15 is 0 Å². The van der Waals surface area contributed by atoms with Crippen molar-refractivity contribution >= 4 is 27.3 Å². The maximum absolute atomic E-state index is 13.2. The lowest BCUT2D eigenvalue weighted by molar-refractivity contribution is 0.0468. The number of ether oxygens (including phenoxy) is 1. The molecule has 10 heteroatoms. The zero-order valence-electron chi connectivity index (χ0n) is 19.5. The summed E-state index contributed by atoms with van der Waals surface area (Å²) in [6.45, 7) is 3.20. The van der Waals surface area contributed by atoms with E-state index in [0.29, 0.717) is 17.0 Å². The Labute approximate surface area is 198 Å². The Bertz CT molecular complexity index is 1390. The second-order valence-corrected chi connectivity index (χ2v) is 10.7. The highest BCUT2D eigenvalue weighted by Gasteiger charge is 2.25. The van der Waals surface area contributed by atoms with Gasteiger partial charge in [-0.25, -0.2) is 22.5 Å². The minimum Gasteiger partial charge on any atom is -0.456 e. The molecule has 0 spiro atoms. The van der Waals surface area contributed by atoms with Crippen LogP contribution in [0.2, 0.25) is 0 Å². The zero-order chi connectivity index (χ0) is 24.5. The third-order valence-electron chi connectivity index (χ3n) is 5.95. The molecule has 4 rings (SSSR count). The van der Waals surface area contributed by atoms with Gasteiger partial charge < -0.3 is 9.64 Å². The van der Waals surface area contributed by atoms with Crippen molar-refractivity contribution < 1.29 is 17.9 Å². The standard InChI is InChI=1S/C24H28N4O5S/c1-17-8-7-13-28-22(29)14-18(25-23(17)28)16-33-24(30)20-15-19(34(31,32)26(2)3)9-10-21(20)27-11-5-4-6-12-27/h7-10,13-15H,4-6,11-12,16H2,1-3H3. The lowest BCUT2D eigenvalue weighted by atomic mass is 10.1. The summed E-state index contributed by atoms with van der Waals surface area (Å²) in [5, 5.41) is 0. The number of hydrogen-bond acceptors (Lipinski definition) is 7. The number of piperidine rings is 1. The number of carbonyl (C=O) groups excluding carboxylic acids is 1. The number of pyridine rings is 1. The van der Waals surface area contributed by atoms with Crippen molar-refractivity contribution in [1.82, 2.24) is 13.7 Å². The molecule has 3 aromatic rings. The third-order valence-corrected chi connectivity index (χ3v) is 7.76. The number of esters is 1. The highest BCUT2D eigenvalue weighted by Crippen LogP contribution is 2.28. The molecule has 180 valence electrons. The van der Waals surface area contributed by atoms with Crippen LogP contribution in [-0.2, 0) is 21.4 Å². The molecule has 3 heterocycles. The highest BCUT2D eigenvalue weighted by atomic mass is 32.2. The summed E-state index contributed by atoms with van der Waals surface area (Å²) >= 11 is 0. The molecule has 0 unspecified atom stereocenters. The Hall–Kier alpha value is -3.24. The number of aryl methyl sites for hydroxylation is 1. The first-order chi connectivity index (χ1) is 16.2. The number of aromatic nitrogens is 2. The molecular weight excluding hydrogens is 456 g/mol. The van der Waals surface area contributed by atoms with Crippen LogP contribution in [0.1, 0.15) is 40.9 Å². The molecule has 1 saturated heterocycles. The molecule has 1 aliphatic rings. The van der Waals surface area contributed by atoms with E-state index in [1.54, 1.807) is 18.3 Å². The Morgan fingerprint density at radius 3 is 2.56 bits per heavy atom. The van der Waals surface area contributed by atoms with Gasteiger partial charge >= 0.3 is 5.97 Å². The number of rotatable bonds is 6. The van der Waals surface area contributed by atoms with Crippen LogP contribution in [0, 0.1) is 6.92 Å². The molecule has 0 radical (unpaired) electrons. The Morgan fingerprint density at radius 2 is 1.85 bits per heavy atom. The molecule has 1 aromatic carbocycles. The van der Waals surface area contributed by atoms with E-state index < -0.39 is 16.0 Å². The molecule has 9 nitrogen and oxygen atoms in total. The van der Waals surface area contributed by atoms with Crippen LogP contribution in [-0.4, -0.2) is 55.3 Å². The van der Waals surface area contributed by atoms with E-state index in [-0.39, 0.29) is 22.6 Å². The Balaban J connectivity index is 1.66. The average Bonchev–Trinajstić information content (AvgIpc) is 2.83. The summed E-state index contributed by atoms with van der Waals surface area (Å²) < 4.78 is 33.4. The SMILES string of the molecule is Cc1cccn2c(=O)cc(COC(=O)c3cc(S(=O)(=O)N(C)C)ccc3N3CCCCC3)nc12. The summed E-state index contributed by atoms with van der Waals surface area (Å²) in [4.78, 5) is 32.2. The molecule has 1 fully saturated rings. The second-order valence-electron chi connectivity index (χ2n) is 8.56. The number of fused-ring (bicyclic) bond motifs is 1. The Kier molecular flexibility index (Phi) is 6.72. The van der Waals surface area contributed by atoms with Gasteiger partial charge in [-0.1, -0.05) is 6.07 Å². The summed E-state index contributed by atoms with van der Waals surface area (Å²) in [5.41, 5.74) is 2.19. The van der Waals surface area contributed by atoms with Crippen LogP contribution in [0.25, 0.3) is 5.65 Å². The van der Waals surface area contributed by atoms with Gasteiger partial charge in [-0.15, -0.1) is 0 Å². The van der Waals surface area contributed by atoms with Gasteiger partial charge in [0.05, 0.1) is 21.8 Å². The van der Waals surface area contributed by atoms with Crippen LogP contribution < -0.4 is 10.5 Å². The van der Waals surface area contributed by atoms with Gasteiger partial charge in [0.1, 0.15) is 12.3 Å². The van der Waals surface area contributed by atoms with E-state index in [1.807, 2.05) is 13.0 Å². The van der Waals surface area contributed by atoms with Crippen LogP contribution in [0.5, 0.6) is 0 Å². The Morgan fingerprint density at radius 1 is 1.12 bits per heavy atom. The van der Waals surface area contributed by atoms with Gasteiger partial charge in [0, 0.05) is 39.4 Å². The molecule has 0 amide bonds. The van der Waals surface area contributed by atoms with Crippen molar-refractivity contribution in [2.75, 3.05) is 32.1 Å². The maximum atomic E-state index is 13.2. The van der Waals surface area contributed by atoms with E-state index in [4.69, 9.17) is 4.74 Å². The lowest BCUT2D eigenvalue weighted by Gasteiger charge is -2.30. The highest BCUT2D eigenvalue weighted by molar-refractivity contribution is 7.89. The summed E-state index contributed by atoms with van der Waals surface area (Å²) in [6.07, 6.45) is 4.74. The van der Waals surface area contributed by atoms with E-state index in [0.717, 1.165) is 42.2 Å². The zero-order valence-corrected chi connectivity index (χ0v) is 20.3. The fourth-order valence-corrected chi connectivity index (χ4v) is 4.99. The van der Waals surface area contributed by atoms with Crippen LogP contribution in [0.4, 0.5) is 5.69 Å². The molecule has 2 aromatic heterocycles. The van der Waals surface area contributed by atoms with E-state index in [9.17, 15) is 18.0 Å². The molecule has 0 N–H and O–H groups in total. The smallest absolute Gasteiger partial charge is 0.340 e. The second kappa shape index (κ2) is 9.55. The van der Waals surface area contributed by atoms with Crippen LogP contribution >= 0.6 is 0 Å². The molecule has 1 aliphatic heterocycles. The number of carbonyl (C=O) groups is 1. The minimum absolute atomic E-state index is 0.0166. The number of anilines is 1. The predicted molar refractivity (Wildman–Crippen MR) is 129 cm³/mol. The van der Waals surface area contributed by atoms with Gasteiger partial charge in [0.2, 0.25) is 10.0 Å². The first kappa shape index (κ1) is 23.9. The van der Waals surface area contributed by atoms with Crippen molar-refractivity contribution in [2.24, 2.45) is 0 Å². The summed E-state index contributed by atoms with van der Waals surface area (Å²) in [6, 6.07) is 9.50. The van der Waals surface area contributed by atoms with Gasteiger partial charge in [0.15, 0.2) is 0 Å². The number of sulfonamides is 1. The normalized spacial score (nSPS) is 14.5. The lowest BCUT2D eigenvalue weighted by Crippen LogP contribution is -2.31. The van der Waals surface area contributed by atoms with Crippen molar-refractivity contribution in [3.05, 3.63) is 69.8 Å². The summed E-state index contributed by atoms with van der Waals surface area (Å²) in [7, 11) is -0.847. The third kappa shape index (κ3) is 4.69. The van der Waals surface area contributed by atoms with Crippen LogP contribution in [0.15, 0.2) is 52.3 Å². The van der Waals surface area contributed by atoms with Crippen molar-refractivity contribution in [3.63, 3.8) is 0 Å². The van der Waals surface area contributed by atoms with Gasteiger partial charge in [-0.2, -0.15) is 0 Å². The molecule has 0 saturated carbocycles. The molecule has 0 aliphatic carbocycles. The largest absolute Gasteiger partial charge is 0.456 e. The number of benzene rings is 1. The minimum atomic E-state index is -3.73. The van der Waals surface area contributed by atoms with Gasteiger partial charge in [-0.05, 0) is 56.0 Å². The number of hydrogen-bond donors (Lipinski definition) is 0. The molecule has 34 heavy (non-hydrogen) atoms. The van der Waals surface area contributed by atoms with E-state index in [2.05, 4.69) is 9.88 Å². The average molecular weight is 485 g/mol.